The highest BCUT2D eigenvalue weighted by atomic mass is 16.5. The van der Waals surface area contributed by atoms with Crippen molar-refractivity contribution in [2.75, 3.05) is 6.61 Å². The summed E-state index contributed by atoms with van der Waals surface area (Å²) in [7, 11) is 0. The lowest BCUT2D eigenvalue weighted by atomic mass is 10.2. The molecule has 1 aromatic rings. The van der Waals surface area contributed by atoms with Gasteiger partial charge in [0.05, 0.1) is 19.4 Å². The van der Waals surface area contributed by atoms with Crippen molar-refractivity contribution >= 4 is 17.8 Å². The molecule has 21 heavy (non-hydrogen) atoms. The number of rotatable bonds is 8. The van der Waals surface area contributed by atoms with Crippen LogP contribution in [0.5, 0.6) is 5.75 Å². The molecular formula is C14H18N2O5. The van der Waals surface area contributed by atoms with Gasteiger partial charge in [-0.05, 0) is 19.1 Å². The van der Waals surface area contributed by atoms with E-state index >= 15 is 0 Å². The van der Waals surface area contributed by atoms with E-state index in [0.29, 0.717) is 5.75 Å². The normalized spacial score (nSPS) is 11.5. The molecule has 0 fully saturated rings. The highest BCUT2D eigenvalue weighted by molar-refractivity contribution is 5.88. The molecule has 0 radical (unpaired) electrons. The maximum Gasteiger partial charge on any atom is 0.326 e. The van der Waals surface area contributed by atoms with Gasteiger partial charge in [0.1, 0.15) is 11.8 Å². The molecule has 0 spiro atoms. The van der Waals surface area contributed by atoms with Crippen molar-refractivity contribution in [1.82, 2.24) is 5.32 Å². The number of carbonyl (C=O) groups excluding carboxylic acids is 2. The van der Waals surface area contributed by atoms with Crippen molar-refractivity contribution < 1.29 is 24.2 Å². The van der Waals surface area contributed by atoms with Gasteiger partial charge in [0.25, 0.3) is 0 Å². The number of nitrogens with two attached hydrogens (primary N) is 1. The molecule has 2 amide bonds. The van der Waals surface area contributed by atoms with Crippen LogP contribution in [-0.4, -0.2) is 35.5 Å². The molecule has 0 aliphatic heterocycles. The van der Waals surface area contributed by atoms with Crippen molar-refractivity contribution in [2.45, 2.75) is 25.8 Å². The van der Waals surface area contributed by atoms with Crippen LogP contribution in [0.15, 0.2) is 24.3 Å². The Balaban J connectivity index is 2.37. The second kappa shape index (κ2) is 7.88. The summed E-state index contributed by atoms with van der Waals surface area (Å²) in [6.45, 7) is 2.06. The number of benzene rings is 1. The summed E-state index contributed by atoms with van der Waals surface area (Å²) in [5.74, 6) is -1.99. The highest BCUT2D eigenvalue weighted by Gasteiger charge is 2.21. The topological polar surface area (TPSA) is 119 Å². The van der Waals surface area contributed by atoms with E-state index in [0.717, 1.165) is 5.56 Å². The van der Waals surface area contributed by atoms with Gasteiger partial charge in [0.2, 0.25) is 11.8 Å². The van der Waals surface area contributed by atoms with E-state index in [1.165, 1.54) is 0 Å². The largest absolute Gasteiger partial charge is 0.493 e. The SMILES string of the molecule is Cc1ccc(OCCC(=O)N[C@H](CC(N)=O)C(=O)O)cc1. The van der Waals surface area contributed by atoms with Crippen LogP contribution < -0.4 is 15.8 Å². The van der Waals surface area contributed by atoms with Gasteiger partial charge in [-0.25, -0.2) is 4.79 Å². The molecule has 0 heterocycles. The zero-order valence-electron chi connectivity index (χ0n) is 11.7. The third-order valence-electron chi connectivity index (χ3n) is 2.66. The van der Waals surface area contributed by atoms with Crippen LogP contribution in [0.25, 0.3) is 0 Å². The quantitative estimate of drug-likeness (QED) is 0.633. The zero-order valence-corrected chi connectivity index (χ0v) is 11.7. The first-order valence-electron chi connectivity index (χ1n) is 6.38. The average Bonchev–Trinajstić information content (AvgIpc) is 2.39. The third kappa shape index (κ3) is 6.42. The Labute approximate surface area is 122 Å². The van der Waals surface area contributed by atoms with Gasteiger partial charge in [-0.1, -0.05) is 17.7 Å². The number of nitrogens with one attached hydrogen (secondary N) is 1. The summed E-state index contributed by atoms with van der Waals surface area (Å²) in [5.41, 5.74) is 6.01. The van der Waals surface area contributed by atoms with Crippen LogP contribution in [0.3, 0.4) is 0 Å². The number of carbonyl (C=O) groups is 3. The second-order valence-electron chi connectivity index (χ2n) is 4.54. The molecule has 0 aromatic heterocycles. The van der Waals surface area contributed by atoms with Gasteiger partial charge in [0.15, 0.2) is 0 Å². The number of aryl methyl sites for hydroxylation is 1. The number of aliphatic carboxylic acids is 1. The van der Waals surface area contributed by atoms with E-state index in [1.807, 2.05) is 19.1 Å². The standard InChI is InChI=1S/C14H18N2O5/c1-9-2-4-10(5-3-9)21-7-6-13(18)16-11(14(19)20)8-12(15)17/h2-5,11H,6-8H2,1H3,(H2,15,17)(H,16,18)(H,19,20)/t11-/m1/s1. The predicted octanol–water partition coefficient (Wildman–Crippen LogP) is 0.209. The number of hydrogen-bond donors (Lipinski definition) is 3. The van der Waals surface area contributed by atoms with Gasteiger partial charge in [0, 0.05) is 0 Å². The lowest BCUT2D eigenvalue weighted by molar-refractivity contribution is -0.143. The molecule has 0 unspecified atom stereocenters. The van der Waals surface area contributed by atoms with E-state index in [-0.39, 0.29) is 13.0 Å². The van der Waals surface area contributed by atoms with Crippen LogP contribution in [0.4, 0.5) is 0 Å². The van der Waals surface area contributed by atoms with E-state index in [2.05, 4.69) is 5.32 Å². The highest BCUT2D eigenvalue weighted by Crippen LogP contribution is 2.11. The molecule has 1 aromatic carbocycles. The Morgan fingerprint density at radius 2 is 1.90 bits per heavy atom. The number of primary amides is 1. The Hall–Kier alpha value is -2.57. The van der Waals surface area contributed by atoms with Crippen LogP contribution in [0.1, 0.15) is 18.4 Å². The summed E-state index contributed by atoms with van der Waals surface area (Å²) >= 11 is 0. The molecule has 0 bridgehead atoms. The van der Waals surface area contributed by atoms with Crippen LogP contribution in [0.2, 0.25) is 0 Å². The van der Waals surface area contributed by atoms with Gasteiger partial charge in [-0.2, -0.15) is 0 Å². The van der Waals surface area contributed by atoms with Crippen molar-refractivity contribution in [3.8, 4) is 5.75 Å². The second-order valence-corrected chi connectivity index (χ2v) is 4.54. The van der Waals surface area contributed by atoms with Crippen LogP contribution >= 0.6 is 0 Å². The number of hydrogen-bond acceptors (Lipinski definition) is 4. The van der Waals surface area contributed by atoms with E-state index in [9.17, 15) is 14.4 Å². The molecule has 1 atom stereocenters. The number of ether oxygens (including phenoxy) is 1. The minimum absolute atomic E-state index is 0.0174. The summed E-state index contributed by atoms with van der Waals surface area (Å²) in [4.78, 5) is 33.1. The van der Waals surface area contributed by atoms with Crippen molar-refractivity contribution in [2.24, 2.45) is 5.73 Å². The van der Waals surface area contributed by atoms with Gasteiger partial charge in [-0.15, -0.1) is 0 Å². The molecule has 0 saturated heterocycles. The average molecular weight is 294 g/mol. The van der Waals surface area contributed by atoms with Gasteiger partial charge < -0.3 is 20.9 Å². The first-order valence-corrected chi connectivity index (χ1v) is 6.38. The molecule has 0 aliphatic rings. The smallest absolute Gasteiger partial charge is 0.326 e. The van der Waals surface area contributed by atoms with Crippen molar-refractivity contribution in [3.05, 3.63) is 29.8 Å². The van der Waals surface area contributed by atoms with Crippen molar-refractivity contribution in [1.29, 1.82) is 0 Å². The Bertz CT molecular complexity index is 513. The van der Waals surface area contributed by atoms with E-state index in [4.69, 9.17) is 15.6 Å². The zero-order chi connectivity index (χ0) is 15.8. The summed E-state index contributed by atoms with van der Waals surface area (Å²) < 4.78 is 5.35. The summed E-state index contributed by atoms with van der Waals surface area (Å²) in [5, 5.41) is 11.1. The van der Waals surface area contributed by atoms with E-state index < -0.39 is 30.2 Å². The summed E-state index contributed by atoms with van der Waals surface area (Å²) in [6.07, 6.45) is -0.462. The molecule has 7 heteroatoms. The van der Waals surface area contributed by atoms with Gasteiger partial charge >= 0.3 is 5.97 Å². The number of amides is 2. The number of carboxylic acid groups (broad SMARTS) is 1. The van der Waals surface area contributed by atoms with Crippen LogP contribution in [-0.2, 0) is 14.4 Å². The Morgan fingerprint density at radius 1 is 1.29 bits per heavy atom. The molecule has 114 valence electrons. The third-order valence-corrected chi connectivity index (χ3v) is 2.66. The molecule has 7 nitrogen and oxygen atoms in total. The molecule has 1 rings (SSSR count). The first kappa shape index (κ1) is 16.5. The maximum atomic E-state index is 11.6. The fourth-order valence-electron chi connectivity index (χ4n) is 1.56. The lowest BCUT2D eigenvalue weighted by Gasteiger charge is -2.13. The molecule has 0 aliphatic carbocycles. The van der Waals surface area contributed by atoms with Crippen molar-refractivity contribution in [3.63, 3.8) is 0 Å². The summed E-state index contributed by atoms with van der Waals surface area (Å²) in [6, 6.07) is 6.00. The Morgan fingerprint density at radius 3 is 2.43 bits per heavy atom. The predicted molar refractivity (Wildman–Crippen MR) is 74.7 cm³/mol. The number of carboxylic acids is 1. The minimum Gasteiger partial charge on any atom is -0.493 e. The molecule has 0 saturated carbocycles. The monoisotopic (exact) mass is 294 g/mol. The molecular weight excluding hydrogens is 276 g/mol. The fraction of sp³-hybridized carbons (Fsp3) is 0.357. The first-order chi connectivity index (χ1) is 9.88. The molecule has 4 N–H and O–H groups in total. The lowest BCUT2D eigenvalue weighted by Crippen LogP contribution is -2.43. The fourth-order valence-corrected chi connectivity index (χ4v) is 1.56. The van der Waals surface area contributed by atoms with Gasteiger partial charge in [-0.3, -0.25) is 9.59 Å². The van der Waals surface area contributed by atoms with Crippen LogP contribution in [0, 0.1) is 6.92 Å². The Kier molecular flexibility index (Phi) is 6.19. The van der Waals surface area contributed by atoms with E-state index in [1.54, 1.807) is 12.1 Å². The maximum absolute atomic E-state index is 11.6. The minimum atomic E-state index is -1.31.